The highest BCUT2D eigenvalue weighted by Gasteiger charge is 2.27. The SMILES string of the molecule is CC1CN(Cc2ccc(C(=O)NCC3(C)CCNCC3)cc2)CC(C)O1. The molecule has 5 nitrogen and oxygen atoms in total. The number of hydrogen-bond donors (Lipinski definition) is 2. The predicted molar refractivity (Wildman–Crippen MR) is 104 cm³/mol. The summed E-state index contributed by atoms with van der Waals surface area (Å²) in [6.07, 6.45) is 2.78. The molecule has 0 aliphatic carbocycles. The molecule has 26 heavy (non-hydrogen) atoms. The molecule has 2 saturated heterocycles. The van der Waals surface area contributed by atoms with Crippen molar-refractivity contribution in [3.05, 3.63) is 35.4 Å². The lowest BCUT2D eigenvalue weighted by molar-refractivity contribution is -0.0704. The summed E-state index contributed by atoms with van der Waals surface area (Å²) in [6, 6.07) is 8.05. The van der Waals surface area contributed by atoms with E-state index in [0.717, 1.165) is 57.7 Å². The lowest BCUT2D eigenvalue weighted by Gasteiger charge is -2.35. The van der Waals surface area contributed by atoms with E-state index in [1.54, 1.807) is 0 Å². The van der Waals surface area contributed by atoms with Crippen LogP contribution in [0.25, 0.3) is 0 Å². The molecule has 0 aromatic heterocycles. The highest BCUT2D eigenvalue weighted by atomic mass is 16.5. The molecule has 2 aliphatic heterocycles. The smallest absolute Gasteiger partial charge is 0.251 e. The summed E-state index contributed by atoms with van der Waals surface area (Å²) in [5.41, 5.74) is 2.20. The third-order valence-electron chi connectivity index (χ3n) is 5.60. The maximum Gasteiger partial charge on any atom is 0.251 e. The van der Waals surface area contributed by atoms with E-state index < -0.39 is 0 Å². The molecule has 3 rings (SSSR count). The molecule has 5 heteroatoms. The van der Waals surface area contributed by atoms with Gasteiger partial charge in [-0.1, -0.05) is 19.1 Å². The zero-order valence-electron chi connectivity index (χ0n) is 16.4. The van der Waals surface area contributed by atoms with E-state index >= 15 is 0 Å². The second kappa shape index (κ2) is 8.51. The minimum Gasteiger partial charge on any atom is -0.373 e. The Balaban J connectivity index is 1.51. The molecule has 2 aliphatic rings. The van der Waals surface area contributed by atoms with Crippen LogP contribution in [0.2, 0.25) is 0 Å². The van der Waals surface area contributed by atoms with Crippen LogP contribution in [0.1, 0.15) is 49.5 Å². The van der Waals surface area contributed by atoms with Crippen molar-refractivity contribution in [1.29, 1.82) is 0 Å². The van der Waals surface area contributed by atoms with E-state index in [0.29, 0.717) is 0 Å². The number of morpholine rings is 1. The van der Waals surface area contributed by atoms with Crippen molar-refractivity contribution in [2.45, 2.75) is 52.4 Å². The normalized spacial score (nSPS) is 26.4. The minimum atomic E-state index is 0.0323. The molecular formula is C21H33N3O2. The van der Waals surface area contributed by atoms with Crippen LogP contribution in [0.3, 0.4) is 0 Å². The third kappa shape index (κ3) is 5.29. The lowest BCUT2D eigenvalue weighted by Crippen LogP contribution is -2.44. The number of nitrogens with one attached hydrogen (secondary N) is 2. The Morgan fingerprint density at radius 3 is 2.42 bits per heavy atom. The number of hydrogen-bond acceptors (Lipinski definition) is 4. The quantitative estimate of drug-likeness (QED) is 0.848. The van der Waals surface area contributed by atoms with Crippen molar-refractivity contribution >= 4 is 5.91 Å². The number of piperidine rings is 1. The summed E-state index contributed by atoms with van der Waals surface area (Å²) < 4.78 is 5.79. The largest absolute Gasteiger partial charge is 0.373 e. The standard InChI is InChI=1S/C21H33N3O2/c1-16-12-24(13-17(2)26-16)14-18-4-6-19(7-5-18)20(25)23-15-21(3)8-10-22-11-9-21/h4-7,16-17,22H,8-15H2,1-3H3,(H,23,25). The molecule has 2 N–H and O–H groups in total. The average Bonchev–Trinajstić information content (AvgIpc) is 2.60. The van der Waals surface area contributed by atoms with Crippen molar-refractivity contribution < 1.29 is 9.53 Å². The van der Waals surface area contributed by atoms with Gasteiger partial charge < -0.3 is 15.4 Å². The van der Waals surface area contributed by atoms with Crippen LogP contribution >= 0.6 is 0 Å². The van der Waals surface area contributed by atoms with Crippen LogP contribution in [-0.2, 0) is 11.3 Å². The number of nitrogens with zero attached hydrogens (tertiary/aromatic N) is 1. The fraction of sp³-hybridized carbons (Fsp3) is 0.667. The second-order valence-corrected chi connectivity index (χ2v) is 8.39. The molecule has 0 spiro atoms. The van der Waals surface area contributed by atoms with E-state index in [1.807, 2.05) is 12.1 Å². The van der Waals surface area contributed by atoms with Crippen LogP contribution in [0.15, 0.2) is 24.3 Å². The van der Waals surface area contributed by atoms with Crippen LogP contribution in [0.5, 0.6) is 0 Å². The highest BCUT2D eigenvalue weighted by Crippen LogP contribution is 2.26. The monoisotopic (exact) mass is 359 g/mol. The predicted octanol–water partition coefficient (Wildman–Crippen LogP) is 2.42. The summed E-state index contributed by atoms with van der Waals surface area (Å²) in [5, 5.41) is 6.51. The van der Waals surface area contributed by atoms with Crippen LogP contribution in [0, 0.1) is 5.41 Å². The Bertz CT molecular complexity index is 586. The topological polar surface area (TPSA) is 53.6 Å². The first-order valence-corrected chi connectivity index (χ1v) is 9.89. The molecule has 1 aromatic rings. The van der Waals surface area contributed by atoms with Gasteiger partial charge in [0.15, 0.2) is 0 Å². The summed E-state index contributed by atoms with van der Waals surface area (Å²) in [4.78, 5) is 14.9. The molecule has 2 heterocycles. The van der Waals surface area contributed by atoms with Gasteiger partial charge in [-0.05, 0) is 62.9 Å². The summed E-state index contributed by atoms with van der Waals surface area (Å²) in [5.74, 6) is 0.0323. The van der Waals surface area contributed by atoms with Gasteiger partial charge >= 0.3 is 0 Å². The lowest BCUT2D eigenvalue weighted by atomic mass is 9.81. The van der Waals surface area contributed by atoms with Gasteiger partial charge in [0.25, 0.3) is 5.91 Å². The Labute approximate surface area is 157 Å². The van der Waals surface area contributed by atoms with Crippen molar-refractivity contribution in [3.8, 4) is 0 Å². The van der Waals surface area contributed by atoms with Gasteiger partial charge in [0, 0.05) is 31.7 Å². The molecule has 0 bridgehead atoms. The van der Waals surface area contributed by atoms with Crippen LogP contribution < -0.4 is 10.6 Å². The van der Waals surface area contributed by atoms with E-state index in [2.05, 4.69) is 48.4 Å². The zero-order valence-corrected chi connectivity index (χ0v) is 16.4. The van der Waals surface area contributed by atoms with Gasteiger partial charge in [0.2, 0.25) is 0 Å². The molecule has 1 aromatic carbocycles. The number of ether oxygens (including phenoxy) is 1. The Morgan fingerprint density at radius 2 is 1.81 bits per heavy atom. The van der Waals surface area contributed by atoms with E-state index in [4.69, 9.17) is 4.74 Å². The molecule has 1 amide bonds. The fourth-order valence-electron chi connectivity index (χ4n) is 4.04. The number of amides is 1. The van der Waals surface area contributed by atoms with Gasteiger partial charge in [-0.25, -0.2) is 0 Å². The van der Waals surface area contributed by atoms with Crippen molar-refractivity contribution in [2.75, 3.05) is 32.7 Å². The molecule has 144 valence electrons. The first-order chi connectivity index (χ1) is 12.4. The highest BCUT2D eigenvalue weighted by molar-refractivity contribution is 5.94. The average molecular weight is 360 g/mol. The first-order valence-electron chi connectivity index (χ1n) is 9.89. The summed E-state index contributed by atoms with van der Waals surface area (Å²) >= 11 is 0. The number of rotatable bonds is 5. The van der Waals surface area contributed by atoms with Crippen LogP contribution in [0.4, 0.5) is 0 Å². The van der Waals surface area contributed by atoms with Crippen molar-refractivity contribution in [2.24, 2.45) is 5.41 Å². The zero-order chi connectivity index (χ0) is 18.6. The molecule has 2 fully saturated rings. The Kier molecular flexibility index (Phi) is 6.33. The fourth-order valence-corrected chi connectivity index (χ4v) is 4.04. The van der Waals surface area contributed by atoms with Gasteiger partial charge in [-0.15, -0.1) is 0 Å². The van der Waals surface area contributed by atoms with Gasteiger partial charge in [0.1, 0.15) is 0 Å². The third-order valence-corrected chi connectivity index (χ3v) is 5.60. The maximum atomic E-state index is 12.5. The van der Waals surface area contributed by atoms with Crippen LogP contribution in [-0.4, -0.2) is 55.7 Å². The van der Waals surface area contributed by atoms with Crippen molar-refractivity contribution in [3.63, 3.8) is 0 Å². The summed E-state index contributed by atoms with van der Waals surface area (Å²) in [6.45, 7) is 12.2. The van der Waals surface area contributed by atoms with Gasteiger partial charge in [-0.2, -0.15) is 0 Å². The van der Waals surface area contributed by atoms with Gasteiger partial charge in [0.05, 0.1) is 12.2 Å². The first kappa shape index (κ1) is 19.3. The number of carbonyl (C=O) groups excluding carboxylic acids is 1. The van der Waals surface area contributed by atoms with E-state index in [-0.39, 0.29) is 23.5 Å². The Hall–Kier alpha value is -1.43. The van der Waals surface area contributed by atoms with E-state index in [1.165, 1.54) is 5.56 Å². The molecule has 0 saturated carbocycles. The number of carbonyl (C=O) groups is 1. The number of benzene rings is 1. The molecule has 0 radical (unpaired) electrons. The summed E-state index contributed by atoms with van der Waals surface area (Å²) in [7, 11) is 0. The Morgan fingerprint density at radius 1 is 1.19 bits per heavy atom. The maximum absolute atomic E-state index is 12.5. The van der Waals surface area contributed by atoms with E-state index in [9.17, 15) is 4.79 Å². The minimum absolute atomic E-state index is 0.0323. The van der Waals surface area contributed by atoms with Gasteiger partial charge in [-0.3, -0.25) is 9.69 Å². The molecule has 2 unspecified atom stereocenters. The second-order valence-electron chi connectivity index (χ2n) is 8.39. The molecular weight excluding hydrogens is 326 g/mol. The van der Waals surface area contributed by atoms with Crippen molar-refractivity contribution in [1.82, 2.24) is 15.5 Å². The molecule has 2 atom stereocenters.